The minimum absolute atomic E-state index is 0.243. The predicted octanol–water partition coefficient (Wildman–Crippen LogP) is -0.282. The van der Waals surface area contributed by atoms with Gasteiger partial charge in [-0.1, -0.05) is 0 Å². The van der Waals surface area contributed by atoms with E-state index in [-0.39, 0.29) is 18.6 Å². The number of nitrogens with one attached hydrogen (secondary N) is 1. The van der Waals surface area contributed by atoms with Crippen LogP contribution in [0.5, 0.6) is 0 Å². The lowest BCUT2D eigenvalue weighted by molar-refractivity contribution is -0.148. The number of carbonyl (C=O) groups is 2. The number of carboxylic acids is 1. The molecule has 1 aliphatic heterocycles. The van der Waals surface area contributed by atoms with E-state index in [0.29, 0.717) is 24.2 Å². The first-order valence-corrected chi connectivity index (χ1v) is 7.15. The lowest BCUT2D eigenvalue weighted by Gasteiger charge is -2.31. The molecule has 1 amide bonds. The summed E-state index contributed by atoms with van der Waals surface area (Å²) in [5.74, 6) is -1.37. The fraction of sp³-hybridized carbons (Fsp3) is 0.429. The third kappa shape index (κ3) is 3.46. The van der Waals surface area contributed by atoms with Crippen molar-refractivity contribution in [2.45, 2.75) is 18.6 Å². The number of hydrogen-bond donors (Lipinski definition) is 2. The molecule has 0 radical (unpaired) electrons. The first-order chi connectivity index (χ1) is 11.1. The zero-order chi connectivity index (χ0) is 16.2. The zero-order valence-corrected chi connectivity index (χ0v) is 12.2. The summed E-state index contributed by atoms with van der Waals surface area (Å²) in [6.45, 7) is 0.292. The van der Waals surface area contributed by atoms with E-state index in [9.17, 15) is 9.59 Å². The van der Waals surface area contributed by atoms with Crippen LogP contribution in [0.25, 0.3) is 5.65 Å². The molecule has 2 aromatic heterocycles. The molecule has 0 aromatic carbocycles. The minimum Gasteiger partial charge on any atom is -0.480 e. The van der Waals surface area contributed by atoms with Gasteiger partial charge in [0.15, 0.2) is 5.65 Å². The van der Waals surface area contributed by atoms with Gasteiger partial charge < -0.3 is 19.9 Å². The topological polar surface area (TPSA) is 115 Å². The molecule has 1 saturated heterocycles. The van der Waals surface area contributed by atoms with Crippen LogP contribution in [0.1, 0.15) is 16.8 Å². The van der Waals surface area contributed by atoms with E-state index in [1.54, 1.807) is 22.7 Å². The highest BCUT2D eigenvalue weighted by Crippen LogP contribution is 2.14. The number of rotatable bonds is 5. The molecular formula is C14H16N4O5. The smallest absolute Gasteiger partial charge is 0.329 e. The van der Waals surface area contributed by atoms with Gasteiger partial charge in [0, 0.05) is 12.8 Å². The lowest BCUT2D eigenvalue weighted by Crippen LogP contribution is -2.50. The second kappa shape index (κ2) is 6.71. The molecule has 3 heterocycles. The van der Waals surface area contributed by atoms with Gasteiger partial charge in [-0.25, -0.2) is 4.79 Å². The number of carbonyl (C=O) groups excluding carboxylic acids is 1. The normalized spacial score (nSPS) is 21.2. The number of fused-ring (bicyclic) bond motifs is 1. The summed E-state index contributed by atoms with van der Waals surface area (Å²) in [7, 11) is 0. The summed E-state index contributed by atoms with van der Waals surface area (Å²) in [5.41, 5.74) is 0.855. The van der Waals surface area contributed by atoms with E-state index in [1.165, 1.54) is 6.33 Å². The van der Waals surface area contributed by atoms with Gasteiger partial charge in [0.2, 0.25) is 0 Å². The molecule has 0 unspecified atom stereocenters. The Bertz CT molecular complexity index is 716. The Morgan fingerprint density at radius 2 is 2.39 bits per heavy atom. The number of aliphatic carboxylic acids is 1. The predicted molar refractivity (Wildman–Crippen MR) is 77.1 cm³/mol. The van der Waals surface area contributed by atoms with Crippen molar-refractivity contribution in [3.8, 4) is 0 Å². The number of amides is 1. The van der Waals surface area contributed by atoms with E-state index in [1.807, 2.05) is 0 Å². The highest BCUT2D eigenvalue weighted by atomic mass is 16.5. The molecule has 1 fully saturated rings. The molecule has 0 spiro atoms. The van der Waals surface area contributed by atoms with Crippen molar-refractivity contribution in [1.29, 1.82) is 0 Å². The van der Waals surface area contributed by atoms with Crippen molar-refractivity contribution < 1.29 is 24.2 Å². The Balaban J connectivity index is 1.72. The molecule has 9 heteroatoms. The van der Waals surface area contributed by atoms with Gasteiger partial charge in [-0.3, -0.25) is 9.20 Å². The fourth-order valence-corrected chi connectivity index (χ4v) is 2.49. The number of nitrogens with zero attached hydrogens (tertiary/aromatic N) is 3. The summed E-state index contributed by atoms with van der Waals surface area (Å²) in [6, 6.07) is 3.07. The van der Waals surface area contributed by atoms with Crippen LogP contribution in [-0.2, 0) is 14.3 Å². The molecular weight excluding hydrogens is 304 g/mol. The Morgan fingerprint density at radius 1 is 1.52 bits per heavy atom. The maximum absolute atomic E-state index is 12.5. The van der Waals surface area contributed by atoms with Gasteiger partial charge in [-0.15, -0.1) is 10.2 Å². The highest BCUT2D eigenvalue weighted by molar-refractivity contribution is 5.99. The van der Waals surface area contributed by atoms with E-state index >= 15 is 0 Å². The molecule has 122 valence electrons. The van der Waals surface area contributed by atoms with E-state index in [0.717, 1.165) is 0 Å². The van der Waals surface area contributed by atoms with Crippen molar-refractivity contribution in [3.05, 3.63) is 30.2 Å². The van der Waals surface area contributed by atoms with Crippen LogP contribution in [0.4, 0.5) is 0 Å². The van der Waals surface area contributed by atoms with E-state index in [2.05, 4.69) is 15.5 Å². The maximum atomic E-state index is 12.5. The Morgan fingerprint density at radius 3 is 3.22 bits per heavy atom. The van der Waals surface area contributed by atoms with Crippen molar-refractivity contribution in [1.82, 2.24) is 19.9 Å². The monoisotopic (exact) mass is 320 g/mol. The van der Waals surface area contributed by atoms with Gasteiger partial charge in [-0.2, -0.15) is 0 Å². The van der Waals surface area contributed by atoms with Gasteiger partial charge in [0.1, 0.15) is 19.0 Å². The van der Waals surface area contributed by atoms with Gasteiger partial charge in [0.25, 0.3) is 5.91 Å². The van der Waals surface area contributed by atoms with Crippen LogP contribution in [0.2, 0.25) is 0 Å². The van der Waals surface area contributed by atoms with Crippen LogP contribution in [-0.4, -0.2) is 63.5 Å². The number of ether oxygens (including phenoxy) is 2. The van der Waals surface area contributed by atoms with Crippen molar-refractivity contribution in [2.75, 3.05) is 19.8 Å². The van der Waals surface area contributed by atoms with Crippen LogP contribution >= 0.6 is 0 Å². The van der Waals surface area contributed by atoms with E-state index in [4.69, 9.17) is 14.6 Å². The summed E-state index contributed by atoms with van der Waals surface area (Å²) in [6.07, 6.45) is 3.31. The molecule has 2 N–H and O–H groups in total. The fourth-order valence-electron chi connectivity index (χ4n) is 2.49. The molecule has 1 aliphatic rings. The zero-order valence-electron chi connectivity index (χ0n) is 12.2. The first-order valence-electron chi connectivity index (χ1n) is 7.15. The lowest BCUT2D eigenvalue weighted by atomic mass is 10.1. The average Bonchev–Trinajstić information content (AvgIpc) is 3.02. The summed E-state index contributed by atoms with van der Waals surface area (Å²) < 4.78 is 12.2. The molecule has 0 aliphatic carbocycles. The van der Waals surface area contributed by atoms with Gasteiger partial charge in [0.05, 0.1) is 18.2 Å². The van der Waals surface area contributed by atoms with Gasteiger partial charge >= 0.3 is 5.97 Å². The molecule has 23 heavy (non-hydrogen) atoms. The molecule has 2 atom stereocenters. The first kappa shape index (κ1) is 15.4. The van der Waals surface area contributed by atoms with Gasteiger partial charge in [-0.05, 0) is 18.6 Å². The summed E-state index contributed by atoms with van der Waals surface area (Å²) in [5, 5.41) is 19.3. The van der Waals surface area contributed by atoms with E-state index < -0.39 is 18.7 Å². The molecule has 0 saturated carbocycles. The van der Waals surface area contributed by atoms with Crippen molar-refractivity contribution in [3.63, 3.8) is 0 Å². The van der Waals surface area contributed by atoms with Crippen LogP contribution in [0, 0.1) is 0 Å². The van der Waals surface area contributed by atoms with Crippen LogP contribution in [0.15, 0.2) is 24.7 Å². The average molecular weight is 320 g/mol. The number of carboxylic acid groups (broad SMARTS) is 1. The SMILES string of the molecule is O=C(O)CO[C@@H]1COCC[C@H]1NC(=O)c1cccn2cnnc12. The van der Waals surface area contributed by atoms with Crippen molar-refractivity contribution >= 4 is 17.5 Å². The molecule has 2 aromatic rings. The Labute approximate surface area is 131 Å². The van der Waals surface area contributed by atoms with Crippen LogP contribution in [0.3, 0.4) is 0 Å². The largest absolute Gasteiger partial charge is 0.480 e. The standard InChI is InChI=1S/C14H16N4O5/c19-12(20)7-23-11-6-22-5-3-10(11)16-14(21)9-2-1-4-18-8-15-17-13(9)18/h1-2,4,8,10-11H,3,5-7H2,(H,16,21)(H,19,20)/t10-,11-/m1/s1. The number of hydrogen-bond acceptors (Lipinski definition) is 6. The Hall–Kier alpha value is -2.52. The third-order valence-electron chi connectivity index (χ3n) is 3.61. The van der Waals surface area contributed by atoms with Crippen molar-refractivity contribution in [2.24, 2.45) is 0 Å². The summed E-state index contributed by atoms with van der Waals surface area (Å²) >= 11 is 0. The van der Waals surface area contributed by atoms with Crippen LogP contribution < -0.4 is 5.32 Å². The molecule has 9 nitrogen and oxygen atoms in total. The second-order valence-electron chi connectivity index (χ2n) is 5.17. The quantitative estimate of drug-likeness (QED) is 0.778. The number of pyridine rings is 1. The Kier molecular flexibility index (Phi) is 4.49. The summed E-state index contributed by atoms with van der Waals surface area (Å²) in [4.78, 5) is 23.1. The highest BCUT2D eigenvalue weighted by Gasteiger charge is 2.29. The molecule has 0 bridgehead atoms. The second-order valence-corrected chi connectivity index (χ2v) is 5.17. The minimum atomic E-state index is -1.06. The number of aromatic nitrogens is 3. The molecule has 3 rings (SSSR count). The third-order valence-corrected chi connectivity index (χ3v) is 3.61. The maximum Gasteiger partial charge on any atom is 0.329 e.